The minimum atomic E-state index is 0.231. The first-order chi connectivity index (χ1) is 11.5. The summed E-state index contributed by atoms with van der Waals surface area (Å²) in [7, 11) is 0. The highest BCUT2D eigenvalue weighted by molar-refractivity contribution is 5.77. The van der Waals surface area contributed by atoms with Gasteiger partial charge < -0.3 is 5.32 Å². The van der Waals surface area contributed by atoms with Gasteiger partial charge >= 0.3 is 0 Å². The molecule has 1 aromatic carbocycles. The number of carbonyl (C=O) groups excluding carboxylic acids is 1. The lowest BCUT2D eigenvalue weighted by Crippen LogP contribution is -2.55. The van der Waals surface area contributed by atoms with Crippen LogP contribution in [0.1, 0.15) is 70.3 Å². The van der Waals surface area contributed by atoms with Crippen LogP contribution in [0.3, 0.4) is 0 Å². The Morgan fingerprint density at radius 2 is 1.58 bits per heavy atom. The zero-order valence-electron chi connectivity index (χ0n) is 15.1. The van der Waals surface area contributed by atoms with E-state index < -0.39 is 0 Å². The fraction of sp³-hybridized carbons (Fsp3) is 0.682. The molecule has 0 unspecified atom stereocenters. The van der Waals surface area contributed by atoms with Crippen LogP contribution in [-0.2, 0) is 4.79 Å². The third-order valence-electron chi connectivity index (χ3n) is 7.24. The quantitative estimate of drug-likeness (QED) is 0.819. The van der Waals surface area contributed by atoms with E-state index in [0.717, 1.165) is 17.8 Å². The fourth-order valence-corrected chi connectivity index (χ4v) is 6.34. The maximum Gasteiger partial charge on any atom is 0.220 e. The van der Waals surface area contributed by atoms with Gasteiger partial charge in [-0.3, -0.25) is 4.79 Å². The minimum Gasteiger partial charge on any atom is -0.353 e. The zero-order chi connectivity index (χ0) is 16.7. The van der Waals surface area contributed by atoms with E-state index >= 15 is 0 Å². The summed E-state index contributed by atoms with van der Waals surface area (Å²) in [4.78, 5) is 12.6. The summed E-state index contributed by atoms with van der Waals surface area (Å²) >= 11 is 0. The van der Waals surface area contributed by atoms with Crippen LogP contribution in [0.2, 0.25) is 0 Å². The van der Waals surface area contributed by atoms with E-state index in [9.17, 15) is 4.79 Å². The Balaban J connectivity index is 1.37. The second kappa shape index (κ2) is 6.20. The summed E-state index contributed by atoms with van der Waals surface area (Å²) in [5, 5.41) is 3.40. The monoisotopic (exact) mass is 325 g/mol. The lowest BCUT2D eigenvalue weighted by atomic mass is 9.48. The van der Waals surface area contributed by atoms with Crippen molar-refractivity contribution in [2.75, 3.05) is 0 Å². The summed E-state index contributed by atoms with van der Waals surface area (Å²) in [6.45, 7) is 4.43. The van der Waals surface area contributed by atoms with Gasteiger partial charge in [-0.05, 0) is 80.1 Å². The normalized spacial score (nSPS) is 36.3. The Labute approximate surface area is 146 Å². The number of hydrogen-bond acceptors (Lipinski definition) is 1. The van der Waals surface area contributed by atoms with E-state index in [4.69, 9.17) is 0 Å². The smallest absolute Gasteiger partial charge is 0.220 e. The maximum absolute atomic E-state index is 12.6. The van der Waals surface area contributed by atoms with Gasteiger partial charge in [-0.15, -0.1) is 0 Å². The van der Waals surface area contributed by atoms with E-state index in [2.05, 4.69) is 43.4 Å². The molecule has 4 aliphatic rings. The molecule has 4 fully saturated rings. The van der Waals surface area contributed by atoms with Gasteiger partial charge in [0.15, 0.2) is 0 Å². The molecule has 2 nitrogen and oxygen atoms in total. The molecule has 1 N–H and O–H groups in total. The minimum absolute atomic E-state index is 0.231. The first-order valence-electron chi connectivity index (χ1n) is 9.88. The second-order valence-electron chi connectivity index (χ2n) is 9.08. The van der Waals surface area contributed by atoms with Gasteiger partial charge in [-0.2, -0.15) is 0 Å². The number of hydrogen-bond donors (Lipinski definition) is 1. The van der Waals surface area contributed by atoms with E-state index in [1.165, 1.54) is 44.1 Å². The van der Waals surface area contributed by atoms with Gasteiger partial charge in [0.25, 0.3) is 0 Å². The van der Waals surface area contributed by atoms with E-state index in [0.29, 0.717) is 17.9 Å². The molecule has 0 saturated heterocycles. The summed E-state index contributed by atoms with van der Waals surface area (Å²) in [6, 6.07) is 10.7. The molecule has 0 aromatic heterocycles. The molecule has 0 spiro atoms. The Morgan fingerprint density at radius 1 is 1.04 bits per heavy atom. The number of amides is 1. The Hall–Kier alpha value is -1.31. The van der Waals surface area contributed by atoms with Gasteiger partial charge in [-0.1, -0.05) is 37.3 Å². The number of rotatable bonds is 5. The van der Waals surface area contributed by atoms with Crippen LogP contribution in [0.5, 0.6) is 0 Å². The lowest BCUT2D eigenvalue weighted by Gasteiger charge is -2.59. The maximum atomic E-state index is 12.6. The van der Waals surface area contributed by atoms with Crippen molar-refractivity contribution < 1.29 is 4.79 Å². The predicted molar refractivity (Wildman–Crippen MR) is 97.7 cm³/mol. The predicted octanol–water partition coefficient (Wildman–Crippen LogP) is 4.90. The van der Waals surface area contributed by atoms with Crippen LogP contribution in [0.4, 0.5) is 0 Å². The Kier molecular flexibility index (Phi) is 4.18. The average Bonchev–Trinajstić information content (AvgIpc) is 2.54. The van der Waals surface area contributed by atoms with E-state index in [-0.39, 0.29) is 11.8 Å². The third-order valence-corrected chi connectivity index (χ3v) is 7.24. The van der Waals surface area contributed by atoms with Gasteiger partial charge in [0.1, 0.15) is 0 Å². The number of carbonyl (C=O) groups is 1. The average molecular weight is 325 g/mol. The SMILES string of the molecule is C[C@H](CC(=O)N[C@@H](C)C12CC3CC(CC(C3)C1)C2)c1ccccc1. The molecule has 0 aliphatic heterocycles. The summed E-state index contributed by atoms with van der Waals surface area (Å²) in [5.74, 6) is 3.35. The lowest BCUT2D eigenvalue weighted by molar-refractivity contribution is -0.126. The molecule has 2 heteroatoms. The standard InChI is InChI=1S/C22H31NO/c1-15(20-6-4-3-5-7-20)8-21(24)23-16(2)22-12-17-9-18(13-22)11-19(10-17)14-22/h3-7,15-19H,8-14H2,1-2H3,(H,23,24)/t15-,16+,17?,18?,19?,22?/m1/s1. The summed E-state index contributed by atoms with van der Waals surface area (Å²) < 4.78 is 0. The van der Waals surface area contributed by atoms with Crippen molar-refractivity contribution in [3.63, 3.8) is 0 Å². The molecule has 24 heavy (non-hydrogen) atoms. The van der Waals surface area contributed by atoms with E-state index in [1.54, 1.807) is 0 Å². The number of nitrogens with one attached hydrogen (secondary N) is 1. The highest BCUT2D eigenvalue weighted by Gasteiger charge is 2.53. The Morgan fingerprint density at radius 3 is 2.12 bits per heavy atom. The van der Waals surface area contributed by atoms with Crippen LogP contribution in [0, 0.1) is 23.2 Å². The molecule has 2 atom stereocenters. The van der Waals surface area contributed by atoms with Crippen LogP contribution in [0.15, 0.2) is 30.3 Å². The molecule has 0 heterocycles. The van der Waals surface area contributed by atoms with Crippen molar-refractivity contribution in [1.29, 1.82) is 0 Å². The van der Waals surface area contributed by atoms with Gasteiger partial charge in [0, 0.05) is 12.5 Å². The molecule has 130 valence electrons. The van der Waals surface area contributed by atoms with Gasteiger partial charge in [-0.25, -0.2) is 0 Å². The molecule has 4 saturated carbocycles. The van der Waals surface area contributed by atoms with Crippen molar-refractivity contribution >= 4 is 5.91 Å². The molecule has 5 rings (SSSR count). The van der Waals surface area contributed by atoms with Gasteiger partial charge in [0.05, 0.1) is 0 Å². The van der Waals surface area contributed by atoms with Crippen molar-refractivity contribution in [3.8, 4) is 0 Å². The Bertz CT molecular complexity index is 558. The van der Waals surface area contributed by atoms with Crippen molar-refractivity contribution in [2.24, 2.45) is 23.2 Å². The molecule has 0 radical (unpaired) electrons. The molecule has 1 aromatic rings. The topological polar surface area (TPSA) is 29.1 Å². The highest BCUT2D eigenvalue weighted by Crippen LogP contribution is 2.61. The number of benzene rings is 1. The van der Waals surface area contributed by atoms with E-state index in [1.807, 2.05) is 6.07 Å². The molecule has 1 amide bonds. The van der Waals surface area contributed by atoms with Crippen LogP contribution in [0.25, 0.3) is 0 Å². The van der Waals surface area contributed by atoms with Gasteiger partial charge in [0.2, 0.25) is 5.91 Å². The largest absolute Gasteiger partial charge is 0.353 e. The van der Waals surface area contributed by atoms with Crippen molar-refractivity contribution in [1.82, 2.24) is 5.32 Å². The first-order valence-corrected chi connectivity index (χ1v) is 9.88. The van der Waals surface area contributed by atoms with Crippen molar-refractivity contribution in [3.05, 3.63) is 35.9 Å². The van der Waals surface area contributed by atoms with Crippen LogP contribution in [-0.4, -0.2) is 11.9 Å². The molecular weight excluding hydrogens is 294 g/mol. The third kappa shape index (κ3) is 3.00. The summed E-state index contributed by atoms with van der Waals surface area (Å²) in [6.07, 6.45) is 9.06. The van der Waals surface area contributed by atoms with Crippen molar-refractivity contribution in [2.45, 2.75) is 70.8 Å². The van der Waals surface area contributed by atoms with Crippen LogP contribution < -0.4 is 5.32 Å². The molecule has 4 bridgehead atoms. The first kappa shape index (κ1) is 16.2. The van der Waals surface area contributed by atoms with Crippen LogP contribution >= 0.6 is 0 Å². The highest BCUT2D eigenvalue weighted by atomic mass is 16.1. The fourth-order valence-electron chi connectivity index (χ4n) is 6.34. The second-order valence-corrected chi connectivity index (χ2v) is 9.08. The summed E-state index contributed by atoms with van der Waals surface area (Å²) in [5.41, 5.74) is 1.66. The zero-order valence-corrected chi connectivity index (χ0v) is 15.1. The molecular formula is C22H31NO. The molecule has 4 aliphatic carbocycles.